The Morgan fingerprint density at radius 1 is 1.00 bits per heavy atom. The number of carbonyl (C=O) groups is 2. The van der Waals surface area contributed by atoms with Crippen molar-refractivity contribution in [3.63, 3.8) is 0 Å². The van der Waals surface area contributed by atoms with E-state index < -0.39 is 5.97 Å². The van der Waals surface area contributed by atoms with Gasteiger partial charge in [0.25, 0.3) is 0 Å². The molecule has 0 unspecified atom stereocenters. The molecule has 0 spiro atoms. The van der Waals surface area contributed by atoms with E-state index >= 15 is 0 Å². The number of para-hydroxylation sites is 1. The van der Waals surface area contributed by atoms with Crippen LogP contribution >= 0.6 is 0 Å². The Morgan fingerprint density at radius 3 is 2.39 bits per heavy atom. The molecule has 5 heteroatoms. The number of carbonyl (C=O) groups excluding carboxylic acids is 2. The number of aryl methyl sites for hydroxylation is 2. The first kappa shape index (κ1) is 16.5. The van der Waals surface area contributed by atoms with Crippen LogP contribution in [0.3, 0.4) is 0 Å². The van der Waals surface area contributed by atoms with Crippen molar-refractivity contribution in [2.24, 2.45) is 0 Å². The van der Waals surface area contributed by atoms with Crippen LogP contribution in [0.1, 0.15) is 21.5 Å². The van der Waals surface area contributed by atoms with E-state index in [9.17, 15) is 9.59 Å². The molecular formula is C18H20N2O3. The van der Waals surface area contributed by atoms with E-state index in [-0.39, 0.29) is 12.5 Å². The third-order valence-corrected chi connectivity index (χ3v) is 3.52. The van der Waals surface area contributed by atoms with Gasteiger partial charge in [-0.2, -0.15) is 0 Å². The lowest BCUT2D eigenvalue weighted by atomic mass is 10.1. The number of anilines is 2. The van der Waals surface area contributed by atoms with Crippen molar-refractivity contribution < 1.29 is 14.3 Å². The summed E-state index contributed by atoms with van der Waals surface area (Å²) < 4.78 is 4.70. The molecule has 0 aromatic heterocycles. The lowest BCUT2D eigenvalue weighted by molar-refractivity contribution is -0.114. The van der Waals surface area contributed by atoms with Gasteiger partial charge >= 0.3 is 5.97 Å². The van der Waals surface area contributed by atoms with E-state index in [1.807, 2.05) is 44.2 Å². The van der Waals surface area contributed by atoms with Crippen molar-refractivity contribution in [1.29, 1.82) is 0 Å². The van der Waals surface area contributed by atoms with Gasteiger partial charge in [-0.05, 0) is 43.2 Å². The monoisotopic (exact) mass is 312 g/mol. The molecule has 2 aromatic rings. The second-order valence-electron chi connectivity index (χ2n) is 5.24. The number of methoxy groups -OCH3 is 1. The minimum absolute atomic E-state index is 0.111. The zero-order chi connectivity index (χ0) is 16.8. The lowest BCUT2D eigenvalue weighted by Crippen LogP contribution is -2.22. The summed E-state index contributed by atoms with van der Waals surface area (Å²) in [6.07, 6.45) is 0. The van der Waals surface area contributed by atoms with Gasteiger partial charge < -0.3 is 15.4 Å². The maximum Gasteiger partial charge on any atom is 0.337 e. The molecular weight excluding hydrogens is 292 g/mol. The number of hydrogen-bond donors (Lipinski definition) is 2. The van der Waals surface area contributed by atoms with Gasteiger partial charge in [-0.15, -0.1) is 0 Å². The quantitative estimate of drug-likeness (QED) is 0.832. The predicted octanol–water partition coefficient (Wildman–Crippen LogP) is 3.14. The molecule has 0 fully saturated rings. The summed E-state index contributed by atoms with van der Waals surface area (Å²) in [6.45, 7) is 3.95. The van der Waals surface area contributed by atoms with Crippen LogP contribution < -0.4 is 10.6 Å². The molecule has 0 aliphatic carbocycles. The summed E-state index contributed by atoms with van der Waals surface area (Å²) in [4.78, 5) is 23.6. The van der Waals surface area contributed by atoms with Crippen LogP contribution in [0.5, 0.6) is 0 Å². The van der Waals surface area contributed by atoms with Crippen LogP contribution in [0.25, 0.3) is 0 Å². The molecule has 0 saturated carbocycles. The number of rotatable bonds is 5. The van der Waals surface area contributed by atoms with Crippen LogP contribution in [0.2, 0.25) is 0 Å². The van der Waals surface area contributed by atoms with Crippen molar-refractivity contribution in [2.75, 3.05) is 24.3 Å². The van der Waals surface area contributed by atoms with E-state index in [4.69, 9.17) is 4.74 Å². The molecule has 2 rings (SSSR count). The van der Waals surface area contributed by atoms with Crippen LogP contribution in [-0.2, 0) is 9.53 Å². The second-order valence-corrected chi connectivity index (χ2v) is 5.24. The summed E-state index contributed by atoms with van der Waals surface area (Å²) in [5.41, 5.74) is 3.91. The normalized spacial score (nSPS) is 10.0. The minimum Gasteiger partial charge on any atom is -0.465 e. The molecule has 0 atom stereocenters. The van der Waals surface area contributed by atoms with E-state index in [2.05, 4.69) is 10.6 Å². The zero-order valence-electron chi connectivity index (χ0n) is 13.5. The third-order valence-electron chi connectivity index (χ3n) is 3.52. The van der Waals surface area contributed by atoms with Gasteiger partial charge in [0.05, 0.1) is 19.2 Å². The fourth-order valence-electron chi connectivity index (χ4n) is 2.14. The van der Waals surface area contributed by atoms with Crippen molar-refractivity contribution in [3.8, 4) is 0 Å². The Morgan fingerprint density at radius 2 is 1.70 bits per heavy atom. The smallest absolute Gasteiger partial charge is 0.337 e. The van der Waals surface area contributed by atoms with E-state index in [1.165, 1.54) is 7.11 Å². The van der Waals surface area contributed by atoms with Crippen LogP contribution in [-0.4, -0.2) is 25.5 Å². The Balaban J connectivity index is 2.01. The number of esters is 1. The molecule has 0 radical (unpaired) electrons. The molecule has 2 N–H and O–H groups in total. The Hall–Kier alpha value is -2.82. The van der Waals surface area contributed by atoms with E-state index in [0.29, 0.717) is 5.56 Å². The third kappa shape index (κ3) is 4.32. The summed E-state index contributed by atoms with van der Waals surface area (Å²) in [5.74, 6) is -0.556. The minimum atomic E-state index is -0.405. The maximum absolute atomic E-state index is 12.1. The van der Waals surface area contributed by atoms with Gasteiger partial charge in [-0.25, -0.2) is 4.79 Å². The molecule has 0 aliphatic heterocycles. The number of amides is 1. The van der Waals surface area contributed by atoms with Gasteiger partial charge in [-0.1, -0.05) is 24.3 Å². The molecule has 23 heavy (non-hydrogen) atoms. The molecule has 2 aromatic carbocycles. The van der Waals surface area contributed by atoms with Gasteiger partial charge in [0.15, 0.2) is 0 Å². The molecule has 1 amide bonds. The average molecular weight is 312 g/mol. The van der Waals surface area contributed by atoms with Crippen molar-refractivity contribution >= 4 is 23.3 Å². The van der Waals surface area contributed by atoms with Crippen LogP contribution in [0.15, 0.2) is 42.5 Å². The van der Waals surface area contributed by atoms with E-state index in [1.54, 1.807) is 12.1 Å². The SMILES string of the molecule is COC(=O)c1ccc(C)c(NCC(=O)Nc2ccccc2C)c1. The zero-order valence-corrected chi connectivity index (χ0v) is 13.5. The highest BCUT2D eigenvalue weighted by molar-refractivity contribution is 5.95. The Labute approximate surface area is 135 Å². The van der Waals surface area contributed by atoms with Gasteiger partial charge in [0.2, 0.25) is 5.91 Å². The lowest BCUT2D eigenvalue weighted by Gasteiger charge is -2.12. The molecule has 0 aliphatic rings. The Kier molecular flexibility index (Phi) is 5.36. The first-order valence-corrected chi connectivity index (χ1v) is 7.29. The highest BCUT2D eigenvalue weighted by Crippen LogP contribution is 2.18. The van der Waals surface area contributed by atoms with Crippen molar-refractivity contribution in [1.82, 2.24) is 0 Å². The number of nitrogens with one attached hydrogen (secondary N) is 2. The molecule has 5 nitrogen and oxygen atoms in total. The highest BCUT2D eigenvalue weighted by Gasteiger charge is 2.09. The molecule has 0 saturated heterocycles. The number of ether oxygens (including phenoxy) is 1. The van der Waals surface area contributed by atoms with Gasteiger partial charge in [0.1, 0.15) is 0 Å². The largest absolute Gasteiger partial charge is 0.465 e. The maximum atomic E-state index is 12.1. The van der Waals surface area contributed by atoms with Crippen LogP contribution in [0, 0.1) is 13.8 Å². The Bertz CT molecular complexity index is 726. The fraction of sp³-hybridized carbons (Fsp3) is 0.222. The van der Waals surface area contributed by atoms with Crippen LogP contribution in [0.4, 0.5) is 11.4 Å². The van der Waals surface area contributed by atoms with Crippen molar-refractivity contribution in [3.05, 3.63) is 59.2 Å². The summed E-state index contributed by atoms with van der Waals surface area (Å²) in [6, 6.07) is 12.8. The summed E-state index contributed by atoms with van der Waals surface area (Å²) >= 11 is 0. The van der Waals surface area contributed by atoms with Gasteiger partial charge in [-0.3, -0.25) is 4.79 Å². The fourth-order valence-corrected chi connectivity index (χ4v) is 2.14. The second kappa shape index (κ2) is 7.45. The van der Waals surface area contributed by atoms with E-state index in [0.717, 1.165) is 22.5 Å². The summed E-state index contributed by atoms with van der Waals surface area (Å²) in [7, 11) is 1.34. The molecule has 120 valence electrons. The van der Waals surface area contributed by atoms with Gasteiger partial charge in [0, 0.05) is 11.4 Å². The first-order chi connectivity index (χ1) is 11.0. The predicted molar refractivity (Wildman–Crippen MR) is 90.8 cm³/mol. The molecule has 0 bridgehead atoms. The average Bonchev–Trinajstić information content (AvgIpc) is 2.55. The number of benzene rings is 2. The first-order valence-electron chi connectivity index (χ1n) is 7.29. The summed E-state index contributed by atoms with van der Waals surface area (Å²) in [5, 5.41) is 5.91. The molecule has 0 heterocycles. The topological polar surface area (TPSA) is 67.4 Å². The van der Waals surface area contributed by atoms with Crippen molar-refractivity contribution in [2.45, 2.75) is 13.8 Å². The number of hydrogen-bond acceptors (Lipinski definition) is 4. The standard InChI is InChI=1S/C18H20N2O3/c1-12-6-4-5-7-15(12)20-17(21)11-19-16-10-14(18(22)23-3)9-8-13(16)2/h4-10,19H,11H2,1-3H3,(H,20,21). The highest BCUT2D eigenvalue weighted by atomic mass is 16.5.